The largest absolute Gasteiger partial charge is 0.496 e. The smallest absolute Gasteiger partial charge is 0.229 e. The molecule has 168 valence electrons. The molecule has 7 nitrogen and oxygen atoms in total. The molecule has 1 N–H and O–H groups in total. The van der Waals surface area contributed by atoms with Crippen LogP contribution in [0.25, 0.3) is 0 Å². The van der Waals surface area contributed by atoms with E-state index < -0.39 is 0 Å². The third-order valence-electron chi connectivity index (χ3n) is 5.72. The number of rotatable bonds is 7. The fourth-order valence-electron chi connectivity index (χ4n) is 3.82. The van der Waals surface area contributed by atoms with E-state index in [1.807, 2.05) is 37.2 Å². The Labute approximate surface area is 190 Å². The molecule has 3 aromatic rings. The molecule has 0 bridgehead atoms. The average molecular weight is 433 g/mol. The van der Waals surface area contributed by atoms with Crippen LogP contribution in [0.4, 0.5) is 23.3 Å². The van der Waals surface area contributed by atoms with Gasteiger partial charge in [0.15, 0.2) is 0 Å². The highest BCUT2D eigenvalue weighted by Crippen LogP contribution is 2.24. The molecule has 0 unspecified atom stereocenters. The standard InChI is InChI=1S/C25H32N6O/c1-19-9-11-21(12-10-19)26-23-17-24(29(2)3)28-25(27-23)31-15-13-30(14-16-31)18-20-7-5-6-8-22(20)32-4/h5-12,17H,13-16,18H2,1-4H3,(H,26,27,28). The Morgan fingerprint density at radius 3 is 2.38 bits per heavy atom. The van der Waals surface area contributed by atoms with Gasteiger partial charge in [-0.2, -0.15) is 9.97 Å². The lowest BCUT2D eigenvalue weighted by Crippen LogP contribution is -2.46. The molecule has 0 aliphatic carbocycles. The van der Waals surface area contributed by atoms with Gasteiger partial charge in [-0.05, 0) is 25.1 Å². The molecular weight excluding hydrogens is 400 g/mol. The Kier molecular flexibility index (Phi) is 6.75. The molecule has 2 aromatic carbocycles. The topological polar surface area (TPSA) is 56.8 Å². The molecule has 4 rings (SSSR count). The van der Waals surface area contributed by atoms with E-state index in [4.69, 9.17) is 14.7 Å². The molecule has 0 amide bonds. The van der Waals surface area contributed by atoms with Crippen LogP contribution < -0.4 is 19.9 Å². The highest BCUT2D eigenvalue weighted by Gasteiger charge is 2.21. The second-order valence-electron chi connectivity index (χ2n) is 8.37. The van der Waals surface area contributed by atoms with Crippen LogP contribution in [0.3, 0.4) is 0 Å². The van der Waals surface area contributed by atoms with Gasteiger partial charge >= 0.3 is 0 Å². The number of nitrogens with zero attached hydrogens (tertiary/aromatic N) is 5. The number of benzene rings is 2. The summed E-state index contributed by atoms with van der Waals surface area (Å²) < 4.78 is 5.51. The third-order valence-corrected chi connectivity index (χ3v) is 5.72. The Morgan fingerprint density at radius 2 is 1.69 bits per heavy atom. The van der Waals surface area contributed by atoms with Crippen molar-refractivity contribution in [3.05, 3.63) is 65.7 Å². The zero-order chi connectivity index (χ0) is 22.5. The summed E-state index contributed by atoms with van der Waals surface area (Å²) in [6, 6.07) is 18.6. The number of aromatic nitrogens is 2. The van der Waals surface area contributed by atoms with Crippen molar-refractivity contribution in [3.63, 3.8) is 0 Å². The van der Waals surface area contributed by atoms with E-state index in [0.29, 0.717) is 0 Å². The molecule has 32 heavy (non-hydrogen) atoms. The predicted molar refractivity (Wildman–Crippen MR) is 131 cm³/mol. The van der Waals surface area contributed by atoms with Crippen LogP contribution in [0.2, 0.25) is 0 Å². The average Bonchev–Trinajstić information content (AvgIpc) is 2.81. The van der Waals surface area contributed by atoms with Crippen molar-refractivity contribution in [1.29, 1.82) is 0 Å². The molecular formula is C25H32N6O. The first-order valence-electron chi connectivity index (χ1n) is 11.0. The van der Waals surface area contributed by atoms with Crippen molar-refractivity contribution in [2.45, 2.75) is 13.5 Å². The number of para-hydroxylation sites is 1. The molecule has 0 atom stereocenters. The molecule has 1 aliphatic rings. The summed E-state index contributed by atoms with van der Waals surface area (Å²) in [5.41, 5.74) is 3.48. The van der Waals surface area contributed by atoms with E-state index >= 15 is 0 Å². The van der Waals surface area contributed by atoms with E-state index in [9.17, 15) is 0 Å². The maximum absolute atomic E-state index is 5.51. The van der Waals surface area contributed by atoms with E-state index in [1.165, 1.54) is 11.1 Å². The van der Waals surface area contributed by atoms with Crippen LogP contribution in [0.5, 0.6) is 5.75 Å². The summed E-state index contributed by atoms with van der Waals surface area (Å²) in [4.78, 5) is 16.4. The van der Waals surface area contributed by atoms with Gasteiger partial charge in [0, 0.05) is 64.1 Å². The molecule has 2 heterocycles. The number of piperazine rings is 1. The second-order valence-corrected chi connectivity index (χ2v) is 8.37. The van der Waals surface area contributed by atoms with Crippen LogP contribution in [-0.2, 0) is 6.54 Å². The van der Waals surface area contributed by atoms with Gasteiger partial charge < -0.3 is 19.9 Å². The number of hydrogen-bond acceptors (Lipinski definition) is 7. The molecule has 1 aliphatic heterocycles. The number of ether oxygens (including phenoxy) is 1. The van der Waals surface area contributed by atoms with Crippen molar-refractivity contribution < 1.29 is 4.74 Å². The summed E-state index contributed by atoms with van der Waals surface area (Å²) in [5.74, 6) is 3.41. The first-order valence-corrected chi connectivity index (χ1v) is 11.0. The maximum atomic E-state index is 5.51. The zero-order valence-electron chi connectivity index (χ0n) is 19.4. The minimum atomic E-state index is 0.766. The van der Waals surface area contributed by atoms with Crippen LogP contribution >= 0.6 is 0 Å². The van der Waals surface area contributed by atoms with Crippen LogP contribution in [0.1, 0.15) is 11.1 Å². The Bertz CT molecular complexity index is 1030. The van der Waals surface area contributed by atoms with E-state index in [1.54, 1.807) is 7.11 Å². The SMILES string of the molecule is COc1ccccc1CN1CCN(c2nc(Nc3ccc(C)cc3)cc(N(C)C)n2)CC1. The summed E-state index contributed by atoms with van der Waals surface area (Å²) in [6.07, 6.45) is 0. The Balaban J connectivity index is 1.46. The Morgan fingerprint density at radius 1 is 0.969 bits per heavy atom. The van der Waals surface area contributed by atoms with Gasteiger partial charge in [0.25, 0.3) is 0 Å². The van der Waals surface area contributed by atoms with Gasteiger partial charge in [-0.1, -0.05) is 35.9 Å². The van der Waals surface area contributed by atoms with Gasteiger partial charge in [0.2, 0.25) is 5.95 Å². The second kappa shape index (κ2) is 9.87. The third kappa shape index (κ3) is 5.29. The van der Waals surface area contributed by atoms with Crippen molar-refractivity contribution >= 4 is 23.3 Å². The van der Waals surface area contributed by atoms with Gasteiger partial charge in [0.05, 0.1) is 7.11 Å². The van der Waals surface area contributed by atoms with Gasteiger partial charge in [-0.3, -0.25) is 4.90 Å². The lowest BCUT2D eigenvalue weighted by molar-refractivity contribution is 0.245. The quantitative estimate of drug-likeness (QED) is 0.607. The first kappa shape index (κ1) is 21.9. The zero-order valence-corrected chi connectivity index (χ0v) is 19.4. The normalized spacial score (nSPS) is 14.3. The van der Waals surface area contributed by atoms with E-state index in [-0.39, 0.29) is 0 Å². The monoisotopic (exact) mass is 432 g/mol. The Hall–Kier alpha value is -3.32. The molecule has 0 spiro atoms. The number of anilines is 4. The first-order chi connectivity index (χ1) is 15.5. The van der Waals surface area contributed by atoms with Crippen LogP contribution in [0.15, 0.2) is 54.6 Å². The van der Waals surface area contributed by atoms with E-state index in [0.717, 1.165) is 61.7 Å². The fourth-order valence-corrected chi connectivity index (χ4v) is 3.82. The van der Waals surface area contributed by atoms with Crippen molar-refractivity contribution in [1.82, 2.24) is 14.9 Å². The summed E-state index contributed by atoms with van der Waals surface area (Å²) in [5, 5.41) is 3.43. The van der Waals surface area contributed by atoms with Crippen LogP contribution in [0, 0.1) is 6.92 Å². The highest BCUT2D eigenvalue weighted by atomic mass is 16.5. The number of nitrogens with one attached hydrogen (secondary N) is 1. The highest BCUT2D eigenvalue weighted by molar-refractivity contribution is 5.62. The minimum Gasteiger partial charge on any atom is -0.496 e. The fraction of sp³-hybridized carbons (Fsp3) is 0.360. The number of methoxy groups -OCH3 is 1. The molecule has 7 heteroatoms. The lowest BCUT2D eigenvalue weighted by atomic mass is 10.1. The lowest BCUT2D eigenvalue weighted by Gasteiger charge is -2.35. The maximum Gasteiger partial charge on any atom is 0.229 e. The van der Waals surface area contributed by atoms with E-state index in [2.05, 4.69) is 58.4 Å². The van der Waals surface area contributed by atoms with Gasteiger partial charge in [0.1, 0.15) is 17.4 Å². The van der Waals surface area contributed by atoms with Crippen molar-refractivity contribution in [2.24, 2.45) is 0 Å². The summed E-state index contributed by atoms with van der Waals surface area (Å²) in [7, 11) is 5.74. The van der Waals surface area contributed by atoms with Crippen molar-refractivity contribution in [3.8, 4) is 5.75 Å². The number of aryl methyl sites for hydroxylation is 1. The molecule has 1 aromatic heterocycles. The van der Waals surface area contributed by atoms with Gasteiger partial charge in [-0.15, -0.1) is 0 Å². The number of hydrogen-bond donors (Lipinski definition) is 1. The molecule has 0 saturated carbocycles. The summed E-state index contributed by atoms with van der Waals surface area (Å²) >= 11 is 0. The summed E-state index contributed by atoms with van der Waals surface area (Å²) in [6.45, 7) is 6.65. The molecule has 0 radical (unpaired) electrons. The predicted octanol–water partition coefficient (Wildman–Crippen LogP) is 3.93. The minimum absolute atomic E-state index is 0.766. The van der Waals surface area contributed by atoms with Crippen LogP contribution in [-0.4, -0.2) is 62.3 Å². The molecule has 1 saturated heterocycles. The molecule has 1 fully saturated rings. The van der Waals surface area contributed by atoms with Gasteiger partial charge in [-0.25, -0.2) is 0 Å². The van der Waals surface area contributed by atoms with Crippen molar-refractivity contribution in [2.75, 3.05) is 62.5 Å².